The van der Waals surface area contributed by atoms with Crippen LogP contribution in [0, 0.1) is 18.2 Å². The second-order valence-corrected chi connectivity index (χ2v) is 5.76. The van der Waals surface area contributed by atoms with Gasteiger partial charge in [0.1, 0.15) is 5.82 Å². The van der Waals surface area contributed by atoms with Crippen LogP contribution in [-0.4, -0.2) is 13.1 Å². The summed E-state index contributed by atoms with van der Waals surface area (Å²) in [4.78, 5) is 2.15. The Morgan fingerprint density at radius 1 is 1.33 bits per heavy atom. The predicted molar refractivity (Wildman–Crippen MR) is 62.7 cm³/mol. The van der Waals surface area contributed by atoms with E-state index in [4.69, 9.17) is 0 Å². The van der Waals surface area contributed by atoms with Gasteiger partial charge in [-0.25, -0.2) is 4.39 Å². The fraction of sp³-hybridized carbons (Fsp3) is 0.500. The number of hydrogen-bond acceptors (Lipinski definition) is 1. The van der Waals surface area contributed by atoms with Gasteiger partial charge in [-0.15, -0.1) is 0 Å². The molecule has 2 fully saturated rings. The molecular weight excluding hydrogens is 257 g/mol. The van der Waals surface area contributed by atoms with Crippen molar-refractivity contribution in [2.24, 2.45) is 5.41 Å². The van der Waals surface area contributed by atoms with Crippen LogP contribution in [0.4, 0.5) is 10.1 Å². The van der Waals surface area contributed by atoms with Crippen LogP contribution < -0.4 is 4.90 Å². The fourth-order valence-electron chi connectivity index (χ4n) is 2.31. The summed E-state index contributed by atoms with van der Waals surface area (Å²) in [5.74, 6) is -0.108. The Morgan fingerprint density at radius 3 is 2.60 bits per heavy atom. The van der Waals surface area contributed by atoms with Crippen LogP contribution in [0.25, 0.3) is 0 Å². The first-order chi connectivity index (χ1) is 7.10. The van der Waals surface area contributed by atoms with Crippen LogP contribution >= 0.6 is 15.9 Å². The lowest BCUT2D eigenvalue weighted by Crippen LogP contribution is -2.48. The minimum atomic E-state index is -0.108. The monoisotopic (exact) mass is 269 g/mol. The summed E-state index contributed by atoms with van der Waals surface area (Å²) in [6, 6.07) is 3.51. The second kappa shape index (κ2) is 2.97. The Hall–Kier alpha value is -0.570. The Balaban J connectivity index is 1.88. The van der Waals surface area contributed by atoms with Gasteiger partial charge in [0.25, 0.3) is 0 Å². The molecule has 1 heterocycles. The van der Waals surface area contributed by atoms with Gasteiger partial charge in [0.15, 0.2) is 0 Å². The molecule has 2 aliphatic rings. The van der Waals surface area contributed by atoms with Crippen LogP contribution in [-0.2, 0) is 0 Å². The molecule has 1 saturated carbocycles. The zero-order valence-electron chi connectivity index (χ0n) is 8.69. The van der Waals surface area contributed by atoms with Crippen LogP contribution in [0.1, 0.15) is 18.4 Å². The second-order valence-electron chi connectivity index (χ2n) is 4.91. The van der Waals surface area contributed by atoms with E-state index in [0.717, 1.165) is 28.8 Å². The third-order valence-corrected chi connectivity index (χ3v) is 4.43. The van der Waals surface area contributed by atoms with Crippen molar-refractivity contribution in [2.75, 3.05) is 18.0 Å². The van der Waals surface area contributed by atoms with Crippen molar-refractivity contribution < 1.29 is 4.39 Å². The largest absolute Gasteiger partial charge is 0.368 e. The van der Waals surface area contributed by atoms with Gasteiger partial charge in [0, 0.05) is 23.0 Å². The lowest BCUT2D eigenvalue weighted by atomic mass is 9.95. The average molecular weight is 270 g/mol. The maximum absolute atomic E-state index is 13.7. The molecule has 0 amide bonds. The van der Waals surface area contributed by atoms with E-state index in [1.54, 1.807) is 6.07 Å². The van der Waals surface area contributed by atoms with Crippen LogP contribution in [0.2, 0.25) is 0 Å². The van der Waals surface area contributed by atoms with Crippen molar-refractivity contribution in [3.8, 4) is 0 Å². The standard InChI is InChI=1S/C12H13BrFN/c1-8-4-11(10(14)5-9(8)13)15-6-12(7-15)2-3-12/h4-5H,2-3,6-7H2,1H3. The highest BCUT2D eigenvalue weighted by Crippen LogP contribution is 2.54. The minimum Gasteiger partial charge on any atom is -0.368 e. The highest BCUT2D eigenvalue weighted by Gasteiger charge is 2.52. The number of benzene rings is 1. The molecule has 1 aliphatic heterocycles. The molecule has 1 saturated heterocycles. The highest BCUT2D eigenvalue weighted by molar-refractivity contribution is 9.10. The lowest BCUT2D eigenvalue weighted by Gasteiger charge is -2.42. The molecule has 80 valence electrons. The number of nitrogens with zero attached hydrogens (tertiary/aromatic N) is 1. The molecule has 1 spiro atoms. The van der Waals surface area contributed by atoms with Gasteiger partial charge in [-0.3, -0.25) is 0 Å². The number of halogens is 2. The van der Waals surface area contributed by atoms with Gasteiger partial charge in [-0.1, -0.05) is 15.9 Å². The fourth-order valence-corrected chi connectivity index (χ4v) is 2.63. The average Bonchev–Trinajstić information content (AvgIpc) is 2.89. The molecule has 3 rings (SSSR count). The van der Waals surface area contributed by atoms with E-state index in [1.807, 2.05) is 13.0 Å². The van der Waals surface area contributed by atoms with E-state index in [9.17, 15) is 4.39 Å². The third kappa shape index (κ3) is 1.48. The first-order valence-corrected chi connectivity index (χ1v) is 6.10. The summed E-state index contributed by atoms with van der Waals surface area (Å²) in [7, 11) is 0. The zero-order chi connectivity index (χ0) is 10.6. The molecule has 0 unspecified atom stereocenters. The number of anilines is 1. The topological polar surface area (TPSA) is 3.24 Å². The predicted octanol–water partition coefficient (Wildman–Crippen LogP) is 3.50. The smallest absolute Gasteiger partial charge is 0.147 e. The third-order valence-electron chi connectivity index (χ3n) is 3.58. The number of hydrogen-bond donors (Lipinski definition) is 0. The first-order valence-electron chi connectivity index (χ1n) is 5.30. The first kappa shape index (κ1) is 9.64. The van der Waals surface area contributed by atoms with Gasteiger partial charge < -0.3 is 4.90 Å². The van der Waals surface area contributed by atoms with Crippen molar-refractivity contribution in [1.29, 1.82) is 0 Å². The maximum atomic E-state index is 13.7. The Kier molecular flexibility index (Phi) is 1.91. The van der Waals surface area contributed by atoms with Crippen molar-refractivity contribution in [1.82, 2.24) is 0 Å². The van der Waals surface area contributed by atoms with Crippen LogP contribution in [0.15, 0.2) is 16.6 Å². The molecule has 1 aromatic rings. The minimum absolute atomic E-state index is 0.108. The van der Waals surface area contributed by atoms with E-state index in [2.05, 4.69) is 20.8 Å². The van der Waals surface area contributed by atoms with Crippen molar-refractivity contribution in [3.63, 3.8) is 0 Å². The summed E-state index contributed by atoms with van der Waals surface area (Å²) >= 11 is 3.35. The molecule has 0 radical (unpaired) electrons. The molecule has 1 aromatic carbocycles. The van der Waals surface area contributed by atoms with E-state index in [-0.39, 0.29) is 5.82 Å². The number of aryl methyl sites for hydroxylation is 1. The molecule has 15 heavy (non-hydrogen) atoms. The Morgan fingerprint density at radius 2 is 2.00 bits per heavy atom. The highest BCUT2D eigenvalue weighted by atomic mass is 79.9. The molecule has 3 heteroatoms. The van der Waals surface area contributed by atoms with Gasteiger partial charge in [-0.05, 0) is 37.5 Å². The quantitative estimate of drug-likeness (QED) is 0.755. The molecule has 0 N–H and O–H groups in total. The Labute approximate surface area is 97.4 Å². The van der Waals surface area contributed by atoms with Crippen molar-refractivity contribution >= 4 is 21.6 Å². The number of rotatable bonds is 1. The summed E-state index contributed by atoms with van der Waals surface area (Å²) in [6.45, 7) is 4.09. The normalized spacial score (nSPS) is 21.7. The van der Waals surface area contributed by atoms with Gasteiger partial charge in [0.2, 0.25) is 0 Å². The molecule has 0 atom stereocenters. The van der Waals surface area contributed by atoms with Crippen LogP contribution in [0.3, 0.4) is 0 Å². The molecule has 0 aromatic heterocycles. The van der Waals surface area contributed by atoms with Gasteiger partial charge >= 0.3 is 0 Å². The summed E-state index contributed by atoms with van der Waals surface area (Å²) in [5, 5.41) is 0. The van der Waals surface area contributed by atoms with Crippen molar-refractivity contribution in [3.05, 3.63) is 28.0 Å². The van der Waals surface area contributed by atoms with Crippen molar-refractivity contribution in [2.45, 2.75) is 19.8 Å². The van der Waals surface area contributed by atoms with E-state index in [1.165, 1.54) is 12.8 Å². The zero-order valence-corrected chi connectivity index (χ0v) is 10.3. The maximum Gasteiger partial charge on any atom is 0.147 e. The molecule has 0 bridgehead atoms. The summed E-state index contributed by atoms with van der Waals surface area (Å²) < 4.78 is 14.6. The summed E-state index contributed by atoms with van der Waals surface area (Å²) in [5.41, 5.74) is 2.45. The van der Waals surface area contributed by atoms with Gasteiger partial charge in [0.05, 0.1) is 5.69 Å². The van der Waals surface area contributed by atoms with E-state index in [0.29, 0.717) is 5.41 Å². The van der Waals surface area contributed by atoms with Gasteiger partial charge in [-0.2, -0.15) is 0 Å². The van der Waals surface area contributed by atoms with E-state index < -0.39 is 0 Å². The summed E-state index contributed by atoms with van der Waals surface area (Å²) in [6.07, 6.45) is 2.67. The Bertz CT molecular complexity index is 418. The van der Waals surface area contributed by atoms with Crippen LogP contribution in [0.5, 0.6) is 0 Å². The van der Waals surface area contributed by atoms with E-state index >= 15 is 0 Å². The molecular formula is C12H13BrFN. The lowest BCUT2D eigenvalue weighted by molar-refractivity contribution is 0.382. The molecule has 1 nitrogen and oxygen atoms in total. The SMILES string of the molecule is Cc1cc(N2CC3(CC3)C2)c(F)cc1Br. The molecule has 1 aliphatic carbocycles.